The average molecular weight is 207 g/mol. The van der Waals surface area contributed by atoms with Crippen molar-refractivity contribution in [2.75, 3.05) is 19.6 Å². The molecule has 14 heavy (non-hydrogen) atoms. The molecular formula is C9H15F2NO2. The van der Waals surface area contributed by atoms with E-state index in [1.54, 1.807) is 11.8 Å². The first-order valence-electron chi connectivity index (χ1n) is 4.71. The van der Waals surface area contributed by atoms with E-state index < -0.39 is 11.9 Å². The molecule has 1 saturated heterocycles. The summed E-state index contributed by atoms with van der Waals surface area (Å²) in [6.07, 6.45) is -0.0607. The second-order valence-electron chi connectivity index (χ2n) is 4.04. The van der Waals surface area contributed by atoms with Crippen LogP contribution in [0, 0.1) is 5.92 Å². The van der Waals surface area contributed by atoms with Gasteiger partial charge >= 0.3 is 5.97 Å². The summed E-state index contributed by atoms with van der Waals surface area (Å²) in [5, 5.41) is 8.49. The summed E-state index contributed by atoms with van der Waals surface area (Å²) in [5.41, 5.74) is 0. The van der Waals surface area contributed by atoms with Crippen LogP contribution in [0.1, 0.15) is 19.8 Å². The molecule has 1 atom stereocenters. The molecule has 0 bridgehead atoms. The number of hydrogen-bond donors (Lipinski definition) is 1. The predicted molar refractivity (Wildman–Crippen MR) is 47.4 cm³/mol. The lowest BCUT2D eigenvalue weighted by Gasteiger charge is -2.19. The molecule has 82 valence electrons. The number of nitrogens with zero attached hydrogens (tertiary/aromatic N) is 1. The van der Waals surface area contributed by atoms with Crippen LogP contribution < -0.4 is 0 Å². The average Bonchev–Trinajstić information content (AvgIpc) is 2.27. The van der Waals surface area contributed by atoms with Crippen molar-refractivity contribution in [2.24, 2.45) is 5.92 Å². The van der Waals surface area contributed by atoms with Gasteiger partial charge in [-0.2, -0.15) is 0 Å². The maximum atomic E-state index is 12.7. The van der Waals surface area contributed by atoms with Crippen molar-refractivity contribution >= 4 is 5.97 Å². The Bertz CT molecular complexity index is 221. The van der Waals surface area contributed by atoms with Crippen LogP contribution >= 0.6 is 0 Å². The lowest BCUT2D eigenvalue weighted by molar-refractivity contribution is -0.138. The van der Waals surface area contributed by atoms with Gasteiger partial charge in [0.15, 0.2) is 0 Å². The van der Waals surface area contributed by atoms with E-state index in [4.69, 9.17) is 5.11 Å². The minimum atomic E-state index is -2.58. The first-order chi connectivity index (χ1) is 6.39. The topological polar surface area (TPSA) is 40.5 Å². The molecule has 0 spiro atoms. The van der Waals surface area contributed by atoms with Crippen molar-refractivity contribution in [3.63, 3.8) is 0 Å². The molecule has 5 heteroatoms. The molecule has 0 aromatic carbocycles. The highest BCUT2D eigenvalue weighted by atomic mass is 19.3. The molecular weight excluding hydrogens is 192 g/mol. The number of carboxylic acids is 1. The molecule has 1 unspecified atom stereocenters. The van der Waals surface area contributed by atoms with Crippen molar-refractivity contribution in [2.45, 2.75) is 25.7 Å². The summed E-state index contributed by atoms with van der Waals surface area (Å²) in [6.45, 7) is 2.36. The summed E-state index contributed by atoms with van der Waals surface area (Å²) in [6, 6.07) is 0. The molecule has 1 heterocycles. The van der Waals surface area contributed by atoms with E-state index in [-0.39, 0.29) is 25.3 Å². The van der Waals surface area contributed by atoms with Gasteiger partial charge in [0.2, 0.25) is 0 Å². The first-order valence-corrected chi connectivity index (χ1v) is 4.71. The summed E-state index contributed by atoms with van der Waals surface area (Å²) in [4.78, 5) is 12.0. The van der Waals surface area contributed by atoms with Gasteiger partial charge in [0.25, 0.3) is 5.92 Å². The molecule has 1 N–H and O–H groups in total. The second-order valence-corrected chi connectivity index (χ2v) is 4.04. The number of halogens is 2. The molecule has 0 saturated carbocycles. The Balaban J connectivity index is 2.29. The third kappa shape index (κ3) is 3.57. The number of aliphatic carboxylic acids is 1. The fourth-order valence-corrected chi connectivity index (χ4v) is 1.77. The fourth-order valence-electron chi connectivity index (χ4n) is 1.77. The van der Waals surface area contributed by atoms with Gasteiger partial charge in [-0.05, 0) is 5.92 Å². The zero-order chi connectivity index (χ0) is 10.8. The van der Waals surface area contributed by atoms with Gasteiger partial charge in [-0.3, -0.25) is 9.69 Å². The largest absolute Gasteiger partial charge is 0.481 e. The summed E-state index contributed by atoms with van der Waals surface area (Å²) < 4.78 is 25.5. The van der Waals surface area contributed by atoms with E-state index in [1.165, 1.54) is 0 Å². The second kappa shape index (κ2) is 4.21. The van der Waals surface area contributed by atoms with Crippen molar-refractivity contribution in [3.05, 3.63) is 0 Å². The molecule has 0 aromatic heterocycles. The van der Waals surface area contributed by atoms with Crippen LogP contribution in [0.3, 0.4) is 0 Å². The highest BCUT2D eigenvalue weighted by Crippen LogP contribution is 2.27. The SMILES string of the molecule is CC(CC(=O)O)CN1CCC(F)(F)C1. The number of likely N-dealkylation sites (tertiary alicyclic amines) is 1. The van der Waals surface area contributed by atoms with Crippen LogP contribution in [0.2, 0.25) is 0 Å². The zero-order valence-electron chi connectivity index (χ0n) is 8.17. The molecule has 0 amide bonds. The summed E-state index contributed by atoms with van der Waals surface area (Å²) >= 11 is 0. The van der Waals surface area contributed by atoms with Crippen LogP contribution in [0.4, 0.5) is 8.78 Å². The Kier molecular flexibility index (Phi) is 3.42. The van der Waals surface area contributed by atoms with Gasteiger partial charge in [-0.1, -0.05) is 6.92 Å². The minimum absolute atomic E-state index is 0.0437. The van der Waals surface area contributed by atoms with Crippen LogP contribution in [0.25, 0.3) is 0 Å². The maximum Gasteiger partial charge on any atom is 0.303 e. The van der Waals surface area contributed by atoms with E-state index >= 15 is 0 Å². The zero-order valence-corrected chi connectivity index (χ0v) is 8.17. The number of carboxylic acid groups (broad SMARTS) is 1. The Hall–Kier alpha value is -0.710. The van der Waals surface area contributed by atoms with Crippen molar-refractivity contribution in [3.8, 4) is 0 Å². The third-order valence-corrected chi connectivity index (χ3v) is 2.34. The van der Waals surface area contributed by atoms with E-state index in [0.29, 0.717) is 13.1 Å². The smallest absolute Gasteiger partial charge is 0.303 e. The van der Waals surface area contributed by atoms with E-state index in [1.807, 2.05) is 0 Å². The fraction of sp³-hybridized carbons (Fsp3) is 0.889. The van der Waals surface area contributed by atoms with Gasteiger partial charge < -0.3 is 5.11 Å². The summed E-state index contributed by atoms with van der Waals surface area (Å²) in [5.74, 6) is -3.52. The van der Waals surface area contributed by atoms with Crippen LogP contribution in [0.15, 0.2) is 0 Å². The molecule has 3 nitrogen and oxygen atoms in total. The molecule has 0 aromatic rings. The van der Waals surface area contributed by atoms with Crippen molar-refractivity contribution < 1.29 is 18.7 Å². The molecule has 1 fully saturated rings. The lowest BCUT2D eigenvalue weighted by Crippen LogP contribution is -2.30. The van der Waals surface area contributed by atoms with Gasteiger partial charge in [0, 0.05) is 25.9 Å². The molecule has 1 rings (SSSR count). The Morgan fingerprint density at radius 3 is 2.71 bits per heavy atom. The van der Waals surface area contributed by atoms with Crippen LogP contribution in [-0.2, 0) is 4.79 Å². The Labute approximate surface area is 81.7 Å². The van der Waals surface area contributed by atoms with Crippen LogP contribution in [0.5, 0.6) is 0 Å². The first kappa shape index (κ1) is 11.4. The van der Waals surface area contributed by atoms with Gasteiger partial charge in [-0.25, -0.2) is 8.78 Å². The highest BCUT2D eigenvalue weighted by Gasteiger charge is 2.38. The normalized spacial score (nSPS) is 23.6. The monoisotopic (exact) mass is 207 g/mol. The number of rotatable bonds is 4. The molecule has 0 radical (unpaired) electrons. The lowest BCUT2D eigenvalue weighted by atomic mass is 10.1. The van der Waals surface area contributed by atoms with Gasteiger partial charge in [0.1, 0.15) is 0 Å². The summed E-state index contributed by atoms with van der Waals surface area (Å²) in [7, 11) is 0. The quantitative estimate of drug-likeness (QED) is 0.758. The van der Waals surface area contributed by atoms with Gasteiger partial charge in [-0.15, -0.1) is 0 Å². The van der Waals surface area contributed by atoms with E-state index in [9.17, 15) is 13.6 Å². The molecule has 0 aliphatic carbocycles. The minimum Gasteiger partial charge on any atom is -0.481 e. The van der Waals surface area contributed by atoms with Crippen molar-refractivity contribution in [1.29, 1.82) is 0 Å². The third-order valence-electron chi connectivity index (χ3n) is 2.34. The number of hydrogen-bond acceptors (Lipinski definition) is 2. The molecule has 1 aliphatic rings. The highest BCUT2D eigenvalue weighted by molar-refractivity contribution is 5.66. The van der Waals surface area contributed by atoms with Crippen LogP contribution in [-0.4, -0.2) is 41.5 Å². The number of carbonyl (C=O) groups is 1. The Morgan fingerprint density at radius 2 is 2.29 bits per heavy atom. The standard InChI is InChI=1S/C9H15F2NO2/c1-7(4-8(13)14)5-12-3-2-9(10,11)6-12/h7H,2-6H2,1H3,(H,13,14). The van der Waals surface area contributed by atoms with E-state index in [0.717, 1.165) is 0 Å². The maximum absolute atomic E-state index is 12.7. The predicted octanol–water partition coefficient (Wildman–Crippen LogP) is 1.44. The number of alkyl halides is 2. The van der Waals surface area contributed by atoms with Crippen molar-refractivity contribution in [1.82, 2.24) is 4.90 Å². The Morgan fingerprint density at radius 1 is 1.64 bits per heavy atom. The van der Waals surface area contributed by atoms with Gasteiger partial charge in [0.05, 0.1) is 6.54 Å². The molecule has 1 aliphatic heterocycles. The van der Waals surface area contributed by atoms with E-state index in [2.05, 4.69) is 0 Å².